The van der Waals surface area contributed by atoms with E-state index in [-0.39, 0.29) is 5.92 Å². The van der Waals surface area contributed by atoms with Crippen LogP contribution in [0.4, 0.5) is 0 Å². The summed E-state index contributed by atoms with van der Waals surface area (Å²) in [5, 5.41) is 4.27. The van der Waals surface area contributed by atoms with Crippen molar-refractivity contribution in [1.29, 1.82) is 0 Å². The number of likely N-dealkylation sites (tertiary alicyclic amines) is 2. The summed E-state index contributed by atoms with van der Waals surface area (Å²) < 4.78 is 1.87. The van der Waals surface area contributed by atoms with Crippen LogP contribution in [0, 0.1) is 11.8 Å². The Morgan fingerprint density at radius 1 is 0.964 bits per heavy atom. The molecule has 150 valence electrons. The van der Waals surface area contributed by atoms with E-state index in [9.17, 15) is 4.79 Å². The number of carbonyl (C=O) groups is 1. The molecule has 28 heavy (non-hydrogen) atoms. The van der Waals surface area contributed by atoms with Gasteiger partial charge >= 0.3 is 0 Å². The fourth-order valence-electron chi connectivity index (χ4n) is 4.86. The van der Waals surface area contributed by atoms with E-state index >= 15 is 0 Å². The summed E-state index contributed by atoms with van der Waals surface area (Å²) in [5.74, 6) is 1.15. The van der Waals surface area contributed by atoms with Crippen molar-refractivity contribution in [2.24, 2.45) is 18.9 Å². The second-order valence-electron chi connectivity index (χ2n) is 8.48. The van der Waals surface area contributed by atoms with Crippen LogP contribution in [0.25, 0.3) is 0 Å². The normalized spacial score (nSPS) is 22.4. The molecule has 0 aliphatic carbocycles. The molecule has 2 fully saturated rings. The summed E-state index contributed by atoms with van der Waals surface area (Å²) in [4.78, 5) is 18.0. The molecule has 1 aromatic heterocycles. The van der Waals surface area contributed by atoms with E-state index in [1.165, 1.54) is 17.5 Å². The zero-order valence-electron chi connectivity index (χ0n) is 17.0. The topological polar surface area (TPSA) is 41.4 Å². The summed E-state index contributed by atoms with van der Waals surface area (Å²) >= 11 is 0. The SMILES string of the molecule is Cn1cc(CN2CCC([C@@H]3CCCCN(Cc4ccccc4)C3=O)CC2)cn1. The third-order valence-corrected chi connectivity index (χ3v) is 6.40. The zero-order chi connectivity index (χ0) is 19.3. The molecule has 2 aliphatic heterocycles. The van der Waals surface area contributed by atoms with E-state index < -0.39 is 0 Å². The van der Waals surface area contributed by atoms with Crippen molar-refractivity contribution in [3.8, 4) is 0 Å². The van der Waals surface area contributed by atoms with Crippen LogP contribution in [0.1, 0.15) is 43.2 Å². The van der Waals surface area contributed by atoms with Crippen LogP contribution in [-0.2, 0) is 24.9 Å². The molecule has 4 rings (SSSR count). The number of piperidine rings is 1. The molecule has 0 spiro atoms. The van der Waals surface area contributed by atoms with Crippen LogP contribution in [0.3, 0.4) is 0 Å². The van der Waals surface area contributed by atoms with E-state index in [0.717, 1.165) is 58.4 Å². The highest BCUT2D eigenvalue weighted by Gasteiger charge is 2.35. The second-order valence-corrected chi connectivity index (χ2v) is 8.48. The molecule has 0 saturated carbocycles. The number of nitrogens with zero attached hydrogens (tertiary/aromatic N) is 4. The first-order chi connectivity index (χ1) is 13.7. The van der Waals surface area contributed by atoms with Gasteiger partial charge in [0.1, 0.15) is 0 Å². The van der Waals surface area contributed by atoms with Gasteiger partial charge in [-0.3, -0.25) is 14.4 Å². The average molecular weight is 381 g/mol. The molecule has 1 amide bonds. The first kappa shape index (κ1) is 19.2. The molecule has 0 N–H and O–H groups in total. The van der Waals surface area contributed by atoms with Gasteiger partial charge in [-0.15, -0.1) is 0 Å². The minimum Gasteiger partial charge on any atom is -0.338 e. The highest BCUT2D eigenvalue weighted by molar-refractivity contribution is 5.79. The minimum absolute atomic E-state index is 0.215. The Bertz CT molecular complexity index is 764. The molecule has 2 aromatic rings. The fraction of sp³-hybridized carbons (Fsp3) is 0.565. The quantitative estimate of drug-likeness (QED) is 0.798. The number of aromatic nitrogens is 2. The Labute approximate surface area is 168 Å². The Balaban J connectivity index is 1.34. The molecule has 5 heteroatoms. The molecule has 3 heterocycles. The standard InChI is InChI=1S/C23H32N4O/c1-25-16-20(15-24-25)17-26-13-10-21(11-14-26)22-9-5-6-12-27(23(22)28)18-19-7-3-2-4-8-19/h2-4,7-8,15-16,21-22H,5-6,9-14,17-18H2,1H3/t22-/m0/s1. The molecule has 1 atom stereocenters. The van der Waals surface area contributed by atoms with Gasteiger partial charge in [0, 0.05) is 44.4 Å². The van der Waals surface area contributed by atoms with Crippen LogP contribution in [-0.4, -0.2) is 45.1 Å². The van der Waals surface area contributed by atoms with Gasteiger partial charge in [0.05, 0.1) is 6.20 Å². The lowest BCUT2D eigenvalue weighted by Gasteiger charge is -2.36. The number of aryl methyl sites for hydroxylation is 1. The van der Waals surface area contributed by atoms with Crippen LogP contribution in [0.15, 0.2) is 42.7 Å². The highest BCUT2D eigenvalue weighted by atomic mass is 16.2. The Hall–Kier alpha value is -2.14. The maximum atomic E-state index is 13.3. The maximum Gasteiger partial charge on any atom is 0.226 e. The number of benzene rings is 1. The highest BCUT2D eigenvalue weighted by Crippen LogP contribution is 2.33. The molecule has 2 aliphatic rings. The van der Waals surface area contributed by atoms with Gasteiger partial charge in [0.25, 0.3) is 0 Å². The number of rotatable bonds is 5. The lowest BCUT2D eigenvalue weighted by atomic mass is 9.81. The first-order valence-electron chi connectivity index (χ1n) is 10.7. The van der Waals surface area contributed by atoms with Crippen LogP contribution in [0.2, 0.25) is 0 Å². The summed E-state index contributed by atoms with van der Waals surface area (Å²) in [5.41, 5.74) is 2.52. The number of hydrogen-bond donors (Lipinski definition) is 0. The van der Waals surface area contributed by atoms with Crippen LogP contribution < -0.4 is 0 Å². The van der Waals surface area contributed by atoms with E-state index in [0.29, 0.717) is 11.8 Å². The largest absolute Gasteiger partial charge is 0.338 e. The molecule has 0 bridgehead atoms. The van der Waals surface area contributed by atoms with E-state index in [4.69, 9.17) is 0 Å². The minimum atomic E-state index is 0.215. The molecular formula is C23H32N4O. The Morgan fingerprint density at radius 3 is 2.46 bits per heavy atom. The van der Waals surface area contributed by atoms with Crippen LogP contribution >= 0.6 is 0 Å². The van der Waals surface area contributed by atoms with Gasteiger partial charge in [0.2, 0.25) is 5.91 Å². The predicted octanol–water partition coefficient (Wildman–Crippen LogP) is 3.46. The molecule has 2 saturated heterocycles. The van der Waals surface area contributed by atoms with Crippen molar-refractivity contribution < 1.29 is 4.79 Å². The second kappa shape index (κ2) is 8.91. The molecule has 0 unspecified atom stereocenters. The summed E-state index contributed by atoms with van der Waals surface area (Å²) in [6.07, 6.45) is 9.71. The molecule has 1 aromatic carbocycles. The smallest absolute Gasteiger partial charge is 0.226 e. The first-order valence-corrected chi connectivity index (χ1v) is 10.7. The van der Waals surface area contributed by atoms with Gasteiger partial charge < -0.3 is 4.90 Å². The third-order valence-electron chi connectivity index (χ3n) is 6.40. The van der Waals surface area contributed by atoms with Gasteiger partial charge in [-0.05, 0) is 50.3 Å². The number of amides is 1. The number of hydrogen-bond acceptors (Lipinski definition) is 3. The van der Waals surface area contributed by atoms with Crippen molar-refractivity contribution in [2.75, 3.05) is 19.6 Å². The third kappa shape index (κ3) is 4.64. The Morgan fingerprint density at radius 2 is 1.75 bits per heavy atom. The van der Waals surface area contributed by atoms with Crippen molar-refractivity contribution in [3.05, 3.63) is 53.9 Å². The molecular weight excluding hydrogens is 348 g/mol. The lowest BCUT2D eigenvalue weighted by Crippen LogP contribution is -2.42. The summed E-state index contributed by atoms with van der Waals surface area (Å²) in [6.45, 7) is 4.81. The van der Waals surface area contributed by atoms with Crippen molar-refractivity contribution in [3.63, 3.8) is 0 Å². The van der Waals surface area contributed by atoms with Gasteiger partial charge in [-0.2, -0.15) is 5.10 Å². The monoisotopic (exact) mass is 380 g/mol. The van der Waals surface area contributed by atoms with Crippen molar-refractivity contribution >= 4 is 5.91 Å². The van der Waals surface area contributed by atoms with E-state index in [1.807, 2.05) is 24.0 Å². The van der Waals surface area contributed by atoms with Gasteiger partial charge in [0.15, 0.2) is 0 Å². The molecule has 5 nitrogen and oxygen atoms in total. The average Bonchev–Trinajstić information content (AvgIpc) is 3.04. The maximum absolute atomic E-state index is 13.3. The van der Waals surface area contributed by atoms with E-state index in [2.05, 4.69) is 45.4 Å². The van der Waals surface area contributed by atoms with Crippen molar-refractivity contribution in [2.45, 2.75) is 45.2 Å². The van der Waals surface area contributed by atoms with E-state index in [1.54, 1.807) is 0 Å². The molecule has 0 radical (unpaired) electrons. The number of carbonyl (C=O) groups excluding carboxylic acids is 1. The summed E-state index contributed by atoms with van der Waals surface area (Å²) in [7, 11) is 1.97. The van der Waals surface area contributed by atoms with Crippen molar-refractivity contribution in [1.82, 2.24) is 19.6 Å². The summed E-state index contributed by atoms with van der Waals surface area (Å²) in [6, 6.07) is 10.4. The fourth-order valence-corrected chi connectivity index (χ4v) is 4.86. The lowest BCUT2D eigenvalue weighted by molar-refractivity contribution is -0.138. The predicted molar refractivity (Wildman–Crippen MR) is 110 cm³/mol. The van der Waals surface area contributed by atoms with Gasteiger partial charge in [-0.25, -0.2) is 0 Å². The Kier molecular flexibility index (Phi) is 6.10. The zero-order valence-corrected chi connectivity index (χ0v) is 17.0. The van der Waals surface area contributed by atoms with Crippen LogP contribution in [0.5, 0.6) is 0 Å². The van der Waals surface area contributed by atoms with Gasteiger partial charge in [-0.1, -0.05) is 36.8 Å².